The smallest absolute Gasteiger partial charge is 0.0664 e. The monoisotopic (exact) mass is 767 g/mol. The first-order chi connectivity index (χ1) is 18.8. The third-order valence-electron chi connectivity index (χ3n) is 6.42. The molecule has 0 bridgehead atoms. The number of ether oxygens (including phenoxy) is 1. The molecule has 7 rings (SSSR count). The van der Waals surface area contributed by atoms with E-state index in [1.807, 2.05) is 97.1 Å². The number of benzene rings is 5. The van der Waals surface area contributed by atoms with Gasteiger partial charge in [0, 0.05) is 70.8 Å². The van der Waals surface area contributed by atoms with Crippen LogP contribution < -0.4 is 4.74 Å². The summed E-state index contributed by atoms with van der Waals surface area (Å²) in [5, 5.41) is 2.20. The van der Waals surface area contributed by atoms with Crippen LogP contribution in [-0.2, 0) is 53.8 Å². The molecule has 7 aromatic rings. The summed E-state index contributed by atoms with van der Waals surface area (Å²) in [6.07, 6.45) is 0. The van der Waals surface area contributed by atoms with Gasteiger partial charge in [-0.1, -0.05) is 23.7 Å². The van der Waals surface area contributed by atoms with Gasteiger partial charge in [0.2, 0.25) is 0 Å². The van der Waals surface area contributed by atoms with Gasteiger partial charge in [-0.15, -0.1) is 53.5 Å². The predicted molar refractivity (Wildman–Crippen MR) is 150 cm³/mol. The molecule has 2 aromatic heterocycles. The Hall–Kier alpha value is -3.36. The van der Waals surface area contributed by atoms with Crippen LogP contribution in [0.1, 0.15) is 0 Å². The average molecular weight is 768 g/mol. The molecule has 5 aromatic carbocycles. The van der Waals surface area contributed by atoms with Crippen molar-refractivity contribution in [3.05, 3.63) is 146 Å². The molecule has 0 aliphatic rings. The van der Waals surface area contributed by atoms with Gasteiger partial charge < -0.3 is 14.3 Å². The molecule has 0 saturated heterocycles. The molecule has 0 atom stereocenters. The zero-order chi connectivity index (χ0) is 25.3. The maximum atomic E-state index is 6.26. The maximum absolute atomic E-state index is 6.26. The molecule has 0 amide bonds. The molecule has 0 unspecified atom stereocenters. The van der Waals surface area contributed by atoms with E-state index < -0.39 is 0 Å². The Kier molecular flexibility index (Phi) is 8.76. The van der Waals surface area contributed by atoms with Gasteiger partial charge >= 0.3 is 0 Å². The van der Waals surface area contributed by atoms with E-state index in [4.69, 9.17) is 9.72 Å². The van der Waals surface area contributed by atoms with Crippen LogP contribution in [0.2, 0.25) is 0 Å². The van der Waals surface area contributed by atoms with E-state index in [1.165, 1.54) is 0 Å². The number of nitrogens with zero attached hydrogens (tertiary/aromatic N) is 2. The van der Waals surface area contributed by atoms with Crippen LogP contribution in [0.5, 0.6) is 11.5 Å². The summed E-state index contributed by atoms with van der Waals surface area (Å²) in [6.45, 7) is 0. The Morgan fingerprint density at radius 2 is 1.30 bits per heavy atom. The van der Waals surface area contributed by atoms with E-state index in [0.29, 0.717) is 11.5 Å². The summed E-state index contributed by atoms with van der Waals surface area (Å²) < 4.78 is 8.38. The number of rotatable bonds is 5. The van der Waals surface area contributed by atoms with Gasteiger partial charge in [0.1, 0.15) is 0 Å². The van der Waals surface area contributed by atoms with E-state index in [-0.39, 0.29) is 53.8 Å². The fraction of sp³-hybridized carbons (Fsp3) is 0. The minimum Gasteiger partial charge on any atom is -0.504 e. The van der Waals surface area contributed by atoms with Crippen molar-refractivity contribution in [2.75, 3.05) is 0 Å². The molecule has 2 heterocycles. The first kappa shape index (κ1) is 28.2. The van der Waals surface area contributed by atoms with Crippen molar-refractivity contribution in [1.29, 1.82) is 0 Å². The summed E-state index contributed by atoms with van der Waals surface area (Å²) in [6, 6.07) is 54.3. The fourth-order valence-corrected chi connectivity index (χ4v) is 4.70. The third kappa shape index (κ3) is 5.47. The van der Waals surface area contributed by atoms with Crippen molar-refractivity contribution in [3.8, 4) is 39.7 Å². The number of fused-ring (bicyclic) bond motifs is 3. The van der Waals surface area contributed by atoms with Crippen LogP contribution in [0, 0.1) is 30.3 Å². The number of hydrogen-bond donors (Lipinski definition) is 0. The number of hydrogen-bond acceptors (Lipinski definition) is 2. The summed E-state index contributed by atoms with van der Waals surface area (Å²) >= 11 is 0. The number of aromatic nitrogens is 2. The molecule has 1 radical (unpaired) electrons. The van der Waals surface area contributed by atoms with Crippen molar-refractivity contribution in [1.82, 2.24) is 9.55 Å². The van der Waals surface area contributed by atoms with E-state index in [2.05, 4.69) is 53.1 Å². The Balaban J connectivity index is 0.00000161. The van der Waals surface area contributed by atoms with Gasteiger partial charge in [-0.3, -0.25) is 0 Å². The van der Waals surface area contributed by atoms with Gasteiger partial charge in [-0.05, 0) is 11.5 Å². The zero-order valence-electron chi connectivity index (χ0n) is 21.2. The topological polar surface area (TPSA) is 27.1 Å². The van der Waals surface area contributed by atoms with Crippen LogP contribution in [0.3, 0.4) is 0 Å². The van der Waals surface area contributed by atoms with Crippen LogP contribution in [0.4, 0.5) is 0 Å². The second-order valence-corrected chi connectivity index (χ2v) is 8.82. The molecule has 3 nitrogen and oxygen atoms in total. The fourth-order valence-electron chi connectivity index (χ4n) is 4.70. The van der Waals surface area contributed by atoms with E-state index in [1.54, 1.807) is 0 Å². The van der Waals surface area contributed by atoms with E-state index >= 15 is 0 Å². The van der Waals surface area contributed by atoms with Crippen LogP contribution in [0.15, 0.2) is 115 Å². The molecular formula is C35H19N2OPtY-5. The predicted octanol–water partition coefficient (Wildman–Crippen LogP) is 8.30. The van der Waals surface area contributed by atoms with Gasteiger partial charge in [0.15, 0.2) is 0 Å². The zero-order valence-corrected chi connectivity index (χ0v) is 26.3. The summed E-state index contributed by atoms with van der Waals surface area (Å²) in [5.41, 5.74) is 5.47. The van der Waals surface area contributed by atoms with Crippen molar-refractivity contribution in [3.63, 3.8) is 0 Å². The second-order valence-electron chi connectivity index (χ2n) is 8.82. The van der Waals surface area contributed by atoms with Gasteiger partial charge in [0.05, 0.1) is 5.82 Å². The van der Waals surface area contributed by atoms with Crippen LogP contribution in [-0.4, -0.2) is 9.55 Å². The molecular weight excluding hydrogens is 748 g/mol. The van der Waals surface area contributed by atoms with Crippen molar-refractivity contribution < 1.29 is 58.5 Å². The summed E-state index contributed by atoms with van der Waals surface area (Å²) in [7, 11) is 0. The Morgan fingerprint density at radius 3 is 2.10 bits per heavy atom. The minimum atomic E-state index is 0. The molecule has 0 fully saturated rings. The largest absolute Gasteiger partial charge is 0.504 e. The van der Waals surface area contributed by atoms with Crippen molar-refractivity contribution >= 4 is 21.8 Å². The van der Waals surface area contributed by atoms with Gasteiger partial charge in [0.25, 0.3) is 0 Å². The SMILES string of the molecule is [Pt].[Y].[c-]1ccccc1-c1[c-]c(Oc2[c-]c3c(cc2)c2ccccc2n3-c2cc[c-]c(-c3[c-]cccc3)n2)ccc1. The average Bonchev–Trinajstić information content (AvgIpc) is 3.32. The first-order valence-electron chi connectivity index (χ1n) is 12.3. The second kappa shape index (κ2) is 12.4. The quantitative estimate of drug-likeness (QED) is 0.165. The molecule has 0 spiro atoms. The molecule has 0 N–H and O–H groups in total. The molecule has 0 aliphatic heterocycles. The Labute approximate surface area is 273 Å². The standard InChI is InChI=1S/C35H19N2O.Pt.Y/c1-3-11-25(12-4-1)27-15-9-16-28(23-27)38-29-21-22-31-30-17-7-8-19-33(30)37(34(31)24-29)35-20-10-18-32(36-35)26-13-5-2-6-14-26;;/h1-11,13,15-17,19-22H;;/q-5;;. The Bertz CT molecular complexity index is 1900. The molecule has 5 heteroatoms. The molecule has 193 valence electrons. The molecule has 0 aliphatic carbocycles. The summed E-state index contributed by atoms with van der Waals surface area (Å²) in [5.74, 6) is 2.00. The van der Waals surface area contributed by atoms with Crippen molar-refractivity contribution in [2.24, 2.45) is 0 Å². The Morgan fingerprint density at radius 1 is 0.575 bits per heavy atom. The van der Waals surface area contributed by atoms with Gasteiger partial charge in [-0.2, -0.15) is 66.7 Å². The van der Waals surface area contributed by atoms with Crippen LogP contribution >= 0.6 is 0 Å². The van der Waals surface area contributed by atoms with Crippen LogP contribution in [0.25, 0.3) is 50.0 Å². The normalized spacial score (nSPS) is 10.6. The molecule has 40 heavy (non-hydrogen) atoms. The first-order valence-corrected chi connectivity index (χ1v) is 12.3. The maximum Gasteiger partial charge on any atom is 0.0664 e. The van der Waals surface area contributed by atoms with E-state index in [0.717, 1.165) is 50.0 Å². The van der Waals surface area contributed by atoms with Crippen molar-refractivity contribution in [2.45, 2.75) is 0 Å². The minimum absolute atomic E-state index is 0. The number of para-hydroxylation sites is 1. The summed E-state index contributed by atoms with van der Waals surface area (Å²) in [4.78, 5) is 4.95. The number of pyridine rings is 1. The van der Waals surface area contributed by atoms with Gasteiger partial charge in [-0.25, -0.2) is 28.8 Å². The molecule has 0 saturated carbocycles. The third-order valence-corrected chi connectivity index (χ3v) is 6.42. The van der Waals surface area contributed by atoms with E-state index in [9.17, 15) is 0 Å².